The van der Waals surface area contributed by atoms with Gasteiger partial charge in [-0.15, -0.1) is 0 Å². The van der Waals surface area contributed by atoms with Crippen LogP contribution >= 0.6 is 0 Å². The number of methoxy groups -OCH3 is 1. The molecular weight excluding hydrogens is 504 g/mol. The van der Waals surface area contributed by atoms with E-state index in [-0.39, 0.29) is 16.3 Å². The maximum atomic E-state index is 13.6. The van der Waals surface area contributed by atoms with E-state index in [1.165, 1.54) is 43.5 Å². The lowest BCUT2D eigenvalue weighted by Crippen LogP contribution is -2.37. The summed E-state index contributed by atoms with van der Waals surface area (Å²) in [4.78, 5) is 12.4. The predicted molar refractivity (Wildman–Crippen MR) is 127 cm³/mol. The topological polar surface area (TPSA) is 122 Å². The van der Waals surface area contributed by atoms with Gasteiger partial charge in [0.2, 0.25) is 15.9 Å². The molecule has 0 aliphatic rings. The van der Waals surface area contributed by atoms with Crippen molar-refractivity contribution in [2.75, 3.05) is 34.3 Å². The van der Waals surface area contributed by atoms with E-state index in [0.717, 1.165) is 18.4 Å². The number of carbonyl (C=O) groups is 1. The van der Waals surface area contributed by atoms with E-state index in [1.54, 1.807) is 12.1 Å². The van der Waals surface area contributed by atoms with Crippen LogP contribution in [0.3, 0.4) is 0 Å². The molecule has 0 spiro atoms. The maximum Gasteiger partial charge on any atom is 0.261 e. The zero-order valence-electron chi connectivity index (χ0n) is 18.5. The van der Waals surface area contributed by atoms with Gasteiger partial charge >= 0.3 is 0 Å². The molecule has 3 aromatic carbocycles. The molecule has 35 heavy (non-hydrogen) atoms. The zero-order valence-corrected chi connectivity index (χ0v) is 20.2. The standard InChI is InChI=1S/C22H21F2N3O6S2/c1-33-18-8-3-16(4-9-18)26-35(31,32)19-10-5-15(6-11-19)25-22(28)14-27(34(2,29)30)17-7-12-20(23)21(24)13-17/h3-13,26H,14H2,1-2H3,(H,25,28). The molecule has 0 bridgehead atoms. The molecule has 9 nitrogen and oxygen atoms in total. The molecule has 0 aliphatic heterocycles. The summed E-state index contributed by atoms with van der Waals surface area (Å²) >= 11 is 0. The van der Waals surface area contributed by atoms with Gasteiger partial charge in [-0.05, 0) is 60.7 Å². The zero-order chi connectivity index (χ0) is 25.8. The Bertz CT molecular complexity index is 1430. The van der Waals surface area contributed by atoms with Gasteiger partial charge in [-0.25, -0.2) is 25.6 Å². The fourth-order valence-corrected chi connectivity index (χ4v) is 4.87. The number of anilines is 3. The molecule has 0 atom stereocenters. The second-order valence-corrected chi connectivity index (χ2v) is 10.9. The lowest BCUT2D eigenvalue weighted by molar-refractivity contribution is -0.114. The molecule has 3 aromatic rings. The van der Waals surface area contributed by atoms with Gasteiger partial charge in [-0.2, -0.15) is 0 Å². The third-order valence-corrected chi connectivity index (χ3v) is 7.21. The summed E-state index contributed by atoms with van der Waals surface area (Å²) in [5, 5.41) is 2.44. The first kappa shape index (κ1) is 25.9. The Hall–Kier alpha value is -3.71. The molecule has 0 saturated carbocycles. The molecule has 1 amide bonds. The van der Waals surface area contributed by atoms with E-state index in [2.05, 4.69) is 10.0 Å². The Labute approximate surface area is 201 Å². The number of carbonyl (C=O) groups excluding carboxylic acids is 1. The highest BCUT2D eigenvalue weighted by Crippen LogP contribution is 2.22. The van der Waals surface area contributed by atoms with Crippen molar-refractivity contribution in [2.45, 2.75) is 4.90 Å². The van der Waals surface area contributed by atoms with Crippen molar-refractivity contribution in [1.29, 1.82) is 0 Å². The number of nitrogens with zero attached hydrogens (tertiary/aromatic N) is 1. The first-order valence-electron chi connectivity index (χ1n) is 9.88. The molecule has 186 valence electrons. The molecule has 0 heterocycles. The largest absolute Gasteiger partial charge is 0.497 e. The van der Waals surface area contributed by atoms with Crippen LogP contribution in [0.4, 0.5) is 25.8 Å². The Balaban J connectivity index is 1.70. The number of sulfonamides is 2. The molecular formula is C22H21F2N3O6S2. The molecule has 3 rings (SSSR count). The van der Waals surface area contributed by atoms with Crippen molar-refractivity contribution in [1.82, 2.24) is 0 Å². The number of benzene rings is 3. The first-order chi connectivity index (χ1) is 16.4. The fourth-order valence-electron chi connectivity index (χ4n) is 2.96. The maximum absolute atomic E-state index is 13.6. The lowest BCUT2D eigenvalue weighted by Gasteiger charge is -2.22. The Kier molecular flexibility index (Phi) is 7.60. The number of amides is 1. The number of rotatable bonds is 9. The van der Waals surface area contributed by atoms with Gasteiger partial charge in [0.05, 0.1) is 23.9 Å². The van der Waals surface area contributed by atoms with Gasteiger partial charge < -0.3 is 10.1 Å². The molecule has 0 aromatic heterocycles. The molecule has 0 aliphatic carbocycles. The van der Waals surface area contributed by atoms with Gasteiger partial charge in [0, 0.05) is 17.4 Å². The van der Waals surface area contributed by atoms with E-state index < -0.39 is 44.1 Å². The number of halogens is 2. The third-order valence-electron chi connectivity index (χ3n) is 4.67. The Morgan fingerprint density at radius 3 is 2.03 bits per heavy atom. The molecule has 0 unspecified atom stereocenters. The van der Waals surface area contributed by atoms with Gasteiger partial charge in [-0.3, -0.25) is 13.8 Å². The van der Waals surface area contributed by atoms with Crippen LogP contribution in [0.5, 0.6) is 5.75 Å². The molecule has 0 saturated heterocycles. The van der Waals surface area contributed by atoms with Crippen molar-refractivity contribution < 1.29 is 35.1 Å². The molecule has 0 fully saturated rings. The van der Waals surface area contributed by atoms with E-state index >= 15 is 0 Å². The minimum Gasteiger partial charge on any atom is -0.497 e. The van der Waals surface area contributed by atoms with Gasteiger partial charge in [0.1, 0.15) is 12.3 Å². The smallest absolute Gasteiger partial charge is 0.261 e. The number of hydrogen-bond acceptors (Lipinski definition) is 6. The normalized spacial score (nSPS) is 11.5. The average molecular weight is 526 g/mol. The average Bonchev–Trinajstić information content (AvgIpc) is 2.79. The van der Waals surface area contributed by atoms with Crippen LogP contribution in [-0.4, -0.2) is 42.7 Å². The van der Waals surface area contributed by atoms with Crippen LogP contribution < -0.4 is 19.1 Å². The van der Waals surface area contributed by atoms with E-state index in [0.29, 0.717) is 21.8 Å². The summed E-state index contributed by atoms with van der Waals surface area (Å²) in [6.45, 7) is -0.719. The predicted octanol–water partition coefficient (Wildman–Crippen LogP) is 3.18. The highest BCUT2D eigenvalue weighted by Gasteiger charge is 2.22. The number of ether oxygens (including phenoxy) is 1. The number of hydrogen-bond donors (Lipinski definition) is 2. The summed E-state index contributed by atoms with van der Waals surface area (Å²) in [7, 11) is -6.44. The summed E-state index contributed by atoms with van der Waals surface area (Å²) in [6, 6.07) is 13.9. The third kappa shape index (κ3) is 6.67. The van der Waals surface area contributed by atoms with Crippen LogP contribution in [0.15, 0.2) is 71.6 Å². The number of nitrogens with one attached hydrogen (secondary N) is 2. The minimum absolute atomic E-state index is 0.0779. The lowest BCUT2D eigenvalue weighted by atomic mass is 10.3. The molecule has 2 N–H and O–H groups in total. The monoisotopic (exact) mass is 525 g/mol. The van der Waals surface area contributed by atoms with Crippen LogP contribution in [0, 0.1) is 11.6 Å². The second kappa shape index (κ2) is 10.3. The summed E-state index contributed by atoms with van der Waals surface area (Å²) in [6.07, 6.45) is 0.816. The summed E-state index contributed by atoms with van der Waals surface area (Å²) in [5.41, 5.74) is 0.283. The van der Waals surface area contributed by atoms with E-state index in [1.807, 2.05) is 0 Å². The van der Waals surface area contributed by atoms with Crippen molar-refractivity contribution in [3.8, 4) is 5.75 Å². The first-order valence-corrected chi connectivity index (χ1v) is 13.2. The van der Waals surface area contributed by atoms with Crippen molar-refractivity contribution in [3.63, 3.8) is 0 Å². The van der Waals surface area contributed by atoms with Crippen LogP contribution in [0.2, 0.25) is 0 Å². The second-order valence-electron chi connectivity index (χ2n) is 7.27. The van der Waals surface area contributed by atoms with Crippen LogP contribution in [0.25, 0.3) is 0 Å². The van der Waals surface area contributed by atoms with Gasteiger partial charge in [0.25, 0.3) is 10.0 Å². The molecule has 0 radical (unpaired) electrons. The fraction of sp³-hybridized carbons (Fsp3) is 0.136. The van der Waals surface area contributed by atoms with Crippen LogP contribution in [0.1, 0.15) is 0 Å². The van der Waals surface area contributed by atoms with Crippen molar-refractivity contribution in [3.05, 3.63) is 78.4 Å². The minimum atomic E-state index is -4.01. The summed E-state index contributed by atoms with van der Waals surface area (Å²) < 4.78 is 84.2. The van der Waals surface area contributed by atoms with Crippen molar-refractivity contribution >= 4 is 43.0 Å². The van der Waals surface area contributed by atoms with Gasteiger partial charge in [-0.1, -0.05) is 0 Å². The quantitative estimate of drug-likeness (QED) is 0.443. The van der Waals surface area contributed by atoms with E-state index in [4.69, 9.17) is 4.74 Å². The van der Waals surface area contributed by atoms with Crippen LogP contribution in [-0.2, 0) is 24.8 Å². The van der Waals surface area contributed by atoms with Crippen molar-refractivity contribution in [2.24, 2.45) is 0 Å². The molecule has 13 heteroatoms. The Morgan fingerprint density at radius 2 is 1.49 bits per heavy atom. The highest BCUT2D eigenvalue weighted by molar-refractivity contribution is 7.92. The van der Waals surface area contributed by atoms with E-state index in [9.17, 15) is 30.4 Å². The summed E-state index contributed by atoms with van der Waals surface area (Å²) in [5.74, 6) is -2.65. The van der Waals surface area contributed by atoms with Gasteiger partial charge in [0.15, 0.2) is 11.6 Å². The Morgan fingerprint density at radius 1 is 0.886 bits per heavy atom. The SMILES string of the molecule is COc1ccc(NS(=O)(=O)c2ccc(NC(=O)CN(c3ccc(F)c(F)c3)S(C)(=O)=O)cc2)cc1. The highest BCUT2D eigenvalue weighted by atomic mass is 32.2.